The number of amides is 1. The van der Waals surface area contributed by atoms with Crippen LogP contribution in [0.5, 0.6) is 0 Å². The van der Waals surface area contributed by atoms with Gasteiger partial charge in [-0.2, -0.15) is 0 Å². The number of hydrogen-bond donors (Lipinski definition) is 1. The van der Waals surface area contributed by atoms with Crippen molar-refractivity contribution >= 4 is 23.1 Å². The molecule has 1 heterocycles. The first-order valence-electron chi connectivity index (χ1n) is 6.66. The molecule has 1 atom stereocenters. The lowest BCUT2D eigenvalue weighted by Crippen LogP contribution is -2.38. The van der Waals surface area contributed by atoms with Crippen LogP contribution in [0.25, 0.3) is 0 Å². The van der Waals surface area contributed by atoms with Gasteiger partial charge in [0.15, 0.2) is 0 Å². The van der Waals surface area contributed by atoms with Crippen LogP contribution in [0.2, 0.25) is 0 Å². The van der Waals surface area contributed by atoms with E-state index < -0.39 is 0 Å². The number of nitrogens with zero attached hydrogens (tertiary/aromatic N) is 1. The Bertz CT molecular complexity index is 289. The van der Waals surface area contributed by atoms with Crippen LogP contribution in [-0.4, -0.2) is 41.6 Å². The zero-order chi connectivity index (χ0) is 13.5. The van der Waals surface area contributed by atoms with Crippen molar-refractivity contribution in [2.24, 2.45) is 11.7 Å². The van der Waals surface area contributed by atoms with Crippen LogP contribution >= 0.6 is 12.2 Å². The molecule has 0 aliphatic carbocycles. The van der Waals surface area contributed by atoms with Crippen LogP contribution in [-0.2, 0) is 9.53 Å². The number of carbonyl (C=O) groups excluding carboxylic acids is 1. The van der Waals surface area contributed by atoms with Crippen molar-refractivity contribution in [3.05, 3.63) is 0 Å². The lowest BCUT2D eigenvalue weighted by atomic mass is 10.1. The minimum absolute atomic E-state index is 0.108. The van der Waals surface area contributed by atoms with Crippen LogP contribution in [0.1, 0.15) is 39.5 Å². The van der Waals surface area contributed by atoms with Gasteiger partial charge in [0.2, 0.25) is 5.91 Å². The summed E-state index contributed by atoms with van der Waals surface area (Å²) in [7, 11) is 0. The average Bonchev–Trinajstić information content (AvgIpc) is 2.76. The third-order valence-corrected chi connectivity index (χ3v) is 3.20. The van der Waals surface area contributed by atoms with Crippen molar-refractivity contribution in [1.29, 1.82) is 0 Å². The summed E-state index contributed by atoms with van der Waals surface area (Å²) in [5, 5.41) is 0. The van der Waals surface area contributed by atoms with Gasteiger partial charge in [-0.3, -0.25) is 4.79 Å². The topological polar surface area (TPSA) is 55.6 Å². The van der Waals surface area contributed by atoms with Gasteiger partial charge in [0.05, 0.1) is 17.5 Å². The quantitative estimate of drug-likeness (QED) is 0.717. The molecule has 1 aliphatic rings. The minimum Gasteiger partial charge on any atom is -0.393 e. The molecule has 0 radical (unpaired) electrons. The Labute approximate surface area is 115 Å². The van der Waals surface area contributed by atoms with Gasteiger partial charge in [0, 0.05) is 26.1 Å². The Morgan fingerprint density at radius 1 is 1.56 bits per heavy atom. The molecule has 0 spiro atoms. The Morgan fingerprint density at radius 2 is 2.28 bits per heavy atom. The van der Waals surface area contributed by atoms with Crippen LogP contribution in [0.4, 0.5) is 0 Å². The molecule has 0 saturated carbocycles. The second-order valence-electron chi connectivity index (χ2n) is 5.29. The SMILES string of the molecule is CC(C)CN(CCC(N)=S)C(=O)CC1CCCO1. The molecule has 0 bridgehead atoms. The van der Waals surface area contributed by atoms with Gasteiger partial charge in [-0.05, 0) is 18.8 Å². The Kier molecular flexibility index (Phi) is 6.57. The van der Waals surface area contributed by atoms with E-state index in [2.05, 4.69) is 13.8 Å². The molecule has 5 heteroatoms. The summed E-state index contributed by atoms with van der Waals surface area (Å²) in [4.78, 5) is 14.5. The second-order valence-corrected chi connectivity index (χ2v) is 5.81. The molecule has 104 valence electrons. The molecule has 1 rings (SSSR count). The number of hydrogen-bond acceptors (Lipinski definition) is 3. The summed E-state index contributed by atoms with van der Waals surface area (Å²) >= 11 is 4.87. The summed E-state index contributed by atoms with van der Waals surface area (Å²) in [5.41, 5.74) is 5.50. The predicted octanol–water partition coefficient (Wildman–Crippen LogP) is 1.72. The Hall–Kier alpha value is -0.680. The summed E-state index contributed by atoms with van der Waals surface area (Å²) in [6.07, 6.45) is 3.26. The van der Waals surface area contributed by atoms with Gasteiger partial charge in [0.1, 0.15) is 0 Å². The Balaban J connectivity index is 2.45. The van der Waals surface area contributed by atoms with Gasteiger partial charge in [-0.1, -0.05) is 26.1 Å². The Morgan fingerprint density at radius 3 is 2.78 bits per heavy atom. The highest BCUT2D eigenvalue weighted by Crippen LogP contribution is 2.17. The van der Waals surface area contributed by atoms with Gasteiger partial charge < -0.3 is 15.4 Å². The predicted molar refractivity (Wildman–Crippen MR) is 76.4 cm³/mol. The van der Waals surface area contributed by atoms with E-state index >= 15 is 0 Å². The number of ether oxygens (including phenoxy) is 1. The van der Waals surface area contributed by atoms with Gasteiger partial charge in [-0.15, -0.1) is 0 Å². The highest BCUT2D eigenvalue weighted by Gasteiger charge is 2.23. The summed E-state index contributed by atoms with van der Waals surface area (Å²) in [6, 6.07) is 0. The first kappa shape index (κ1) is 15.4. The fourth-order valence-corrected chi connectivity index (χ4v) is 2.22. The molecule has 0 aromatic carbocycles. The summed E-state index contributed by atoms with van der Waals surface area (Å²) in [5.74, 6) is 0.608. The molecule has 1 saturated heterocycles. The second kappa shape index (κ2) is 7.69. The molecule has 4 nitrogen and oxygen atoms in total. The van der Waals surface area contributed by atoms with Crippen molar-refractivity contribution in [3.63, 3.8) is 0 Å². The van der Waals surface area contributed by atoms with Gasteiger partial charge >= 0.3 is 0 Å². The van der Waals surface area contributed by atoms with Crippen LogP contribution < -0.4 is 5.73 Å². The normalized spacial score (nSPS) is 19.2. The maximum Gasteiger partial charge on any atom is 0.225 e. The van der Waals surface area contributed by atoms with E-state index in [0.717, 1.165) is 26.0 Å². The molecule has 18 heavy (non-hydrogen) atoms. The zero-order valence-corrected chi connectivity index (χ0v) is 12.2. The van der Waals surface area contributed by atoms with E-state index in [0.29, 0.717) is 30.3 Å². The highest BCUT2D eigenvalue weighted by atomic mass is 32.1. The summed E-state index contributed by atoms with van der Waals surface area (Å²) in [6.45, 7) is 6.38. The van der Waals surface area contributed by atoms with E-state index in [4.69, 9.17) is 22.7 Å². The molecular weight excluding hydrogens is 248 g/mol. The highest BCUT2D eigenvalue weighted by molar-refractivity contribution is 7.80. The van der Waals surface area contributed by atoms with Crippen molar-refractivity contribution < 1.29 is 9.53 Å². The molecular formula is C13H24N2O2S. The lowest BCUT2D eigenvalue weighted by Gasteiger charge is -2.25. The van der Waals surface area contributed by atoms with E-state index in [1.165, 1.54) is 0 Å². The summed E-state index contributed by atoms with van der Waals surface area (Å²) < 4.78 is 5.51. The van der Waals surface area contributed by atoms with Crippen LogP contribution in [0, 0.1) is 5.92 Å². The molecule has 0 aromatic rings. The maximum atomic E-state index is 12.2. The van der Waals surface area contributed by atoms with Gasteiger partial charge in [0.25, 0.3) is 0 Å². The van der Waals surface area contributed by atoms with E-state index in [-0.39, 0.29) is 12.0 Å². The fourth-order valence-electron chi connectivity index (χ4n) is 2.13. The number of rotatable bonds is 7. The van der Waals surface area contributed by atoms with Crippen molar-refractivity contribution in [1.82, 2.24) is 4.90 Å². The molecule has 1 aliphatic heterocycles. The first-order valence-corrected chi connectivity index (χ1v) is 7.07. The number of thiocarbonyl (C=S) groups is 1. The van der Waals surface area contributed by atoms with Crippen LogP contribution in [0.3, 0.4) is 0 Å². The standard InChI is InChI=1S/C13H24N2O2S/c1-10(2)9-15(6-5-12(14)18)13(16)8-11-4-3-7-17-11/h10-11H,3-9H2,1-2H3,(H2,14,18). The number of nitrogens with two attached hydrogens (primary N) is 1. The largest absolute Gasteiger partial charge is 0.393 e. The third kappa shape index (κ3) is 5.78. The lowest BCUT2D eigenvalue weighted by molar-refractivity contribution is -0.133. The minimum atomic E-state index is 0.108. The van der Waals surface area contributed by atoms with E-state index in [1.807, 2.05) is 4.90 Å². The number of carbonyl (C=O) groups is 1. The van der Waals surface area contributed by atoms with Crippen molar-refractivity contribution in [2.45, 2.75) is 45.6 Å². The molecule has 0 aromatic heterocycles. The van der Waals surface area contributed by atoms with E-state index in [1.54, 1.807) is 0 Å². The first-order chi connectivity index (χ1) is 8.49. The maximum absolute atomic E-state index is 12.2. The zero-order valence-electron chi connectivity index (χ0n) is 11.4. The van der Waals surface area contributed by atoms with Crippen molar-refractivity contribution in [2.75, 3.05) is 19.7 Å². The van der Waals surface area contributed by atoms with Gasteiger partial charge in [-0.25, -0.2) is 0 Å². The monoisotopic (exact) mass is 272 g/mol. The average molecular weight is 272 g/mol. The molecule has 2 N–H and O–H groups in total. The molecule has 1 unspecified atom stereocenters. The molecule has 1 amide bonds. The van der Waals surface area contributed by atoms with Crippen LogP contribution in [0.15, 0.2) is 0 Å². The van der Waals surface area contributed by atoms with Crippen molar-refractivity contribution in [3.8, 4) is 0 Å². The third-order valence-electron chi connectivity index (χ3n) is 2.99. The molecule has 1 fully saturated rings. The fraction of sp³-hybridized carbons (Fsp3) is 0.846. The smallest absolute Gasteiger partial charge is 0.225 e. The van der Waals surface area contributed by atoms with E-state index in [9.17, 15) is 4.79 Å².